The van der Waals surface area contributed by atoms with Crippen LogP contribution in [0.2, 0.25) is 10.0 Å². The highest BCUT2D eigenvalue weighted by Gasteiger charge is 2.30. The second-order valence-electron chi connectivity index (χ2n) is 3.87. The van der Waals surface area contributed by atoms with E-state index in [4.69, 9.17) is 33.8 Å². The highest BCUT2D eigenvalue weighted by Crippen LogP contribution is 2.34. The van der Waals surface area contributed by atoms with Crippen molar-refractivity contribution in [3.05, 3.63) is 45.9 Å². The lowest BCUT2D eigenvalue weighted by Crippen LogP contribution is -2.09. The van der Waals surface area contributed by atoms with Crippen LogP contribution in [-0.4, -0.2) is 4.98 Å². The molecular formula is C12H8Cl2F3N3O. The zero-order chi connectivity index (χ0) is 15.6. The summed E-state index contributed by atoms with van der Waals surface area (Å²) < 4.78 is 42.6. The van der Waals surface area contributed by atoms with Crippen molar-refractivity contribution in [3.63, 3.8) is 0 Å². The monoisotopic (exact) mass is 337 g/mol. The third-order valence-electron chi connectivity index (χ3n) is 2.43. The third kappa shape index (κ3) is 3.69. The number of ether oxygens (including phenoxy) is 1. The minimum absolute atomic E-state index is 0.0335. The molecule has 0 atom stereocenters. The SMILES string of the molecule is NNc1nc(Oc2ccc(C(F)(F)F)cc2)c(Cl)cc1Cl. The fourth-order valence-corrected chi connectivity index (χ4v) is 1.90. The second-order valence-corrected chi connectivity index (χ2v) is 4.69. The number of nitrogen functional groups attached to an aromatic ring is 1. The van der Waals surface area contributed by atoms with Gasteiger partial charge in [-0.3, -0.25) is 0 Å². The Bertz CT molecular complexity index is 647. The van der Waals surface area contributed by atoms with Crippen LogP contribution in [0.25, 0.3) is 0 Å². The molecule has 0 aliphatic carbocycles. The van der Waals surface area contributed by atoms with E-state index in [1.54, 1.807) is 0 Å². The zero-order valence-electron chi connectivity index (χ0n) is 10.2. The molecule has 0 amide bonds. The molecule has 1 aromatic heterocycles. The van der Waals surface area contributed by atoms with E-state index >= 15 is 0 Å². The molecule has 2 aromatic rings. The van der Waals surface area contributed by atoms with Gasteiger partial charge in [-0.05, 0) is 30.3 Å². The van der Waals surface area contributed by atoms with Gasteiger partial charge in [-0.2, -0.15) is 18.2 Å². The van der Waals surface area contributed by atoms with E-state index in [-0.39, 0.29) is 27.5 Å². The van der Waals surface area contributed by atoms with Gasteiger partial charge in [-0.25, -0.2) is 5.84 Å². The lowest BCUT2D eigenvalue weighted by atomic mass is 10.2. The number of pyridine rings is 1. The van der Waals surface area contributed by atoms with Crippen molar-refractivity contribution < 1.29 is 17.9 Å². The van der Waals surface area contributed by atoms with E-state index in [1.165, 1.54) is 6.07 Å². The summed E-state index contributed by atoms with van der Waals surface area (Å²) in [6.45, 7) is 0. The minimum Gasteiger partial charge on any atom is -0.437 e. The Hall–Kier alpha value is -1.70. The summed E-state index contributed by atoms with van der Waals surface area (Å²) in [6, 6.07) is 5.45. The van der Waals surface area contributed by atoms with Crippen molar-refractivity contribution >= 4 is 29.0 Å². The van der Waals surface area contributed by atoms with Crippen LogP contribution < -0.4 is 16.0 Å². The van der Waals surface area contributed by atoms with Gasteiger partial charge in [0, 0.05) is 0 Å². The van der Waals surface area contributed by atoms with Crippen molar-refractivity contribution in [2.45, 2.75) is 6.18 Å². The molecule has 0 saturated carbocycles. The topological polar surface area (TPSA) is 60.2 Å². The average Bonchev–Trinajstić information content (AvgIpc) is 2.41. The zero-order valence-corrected chi connectivity index (χ0v) is 11.7. The Labute approximate surface area is 127 Å². The second kappa shape index (κ2) is 5.97. The van der Waals surface area contributed by atoms with Gasteiger partial charge < -0.3 is 10.2 Å². The van der Waals surface area contributed by atoms with Crippen molar-refractivity contribution in [2.75, 3.05) is 5.43 Å². The molecule has 0 bridgehead atoms. The number of halogens is 5. The molecule has 2 rings (SSSR count). The van der Waals surface area contributed by atoms with Crippen LogP contribution in [0.5, 0.6) is 11.6 Å². The number of benzene rings is 1. The third-order valence-corrected chi connectivity index (χ3v) is 2.99. The lowest BCUT2D eigenvalue weighted by Gasteiger charge is -2.11. The fraction of sp³-hybridized carbons (Fsp3) is 0.0833. The van der Waals surface area contributed by atoms with Gasteiger partial charge in [0.2, 0.25) is 5.88 Å². The number of nitrogens with one attached hydrogen (secondary N) is 1. The summed E-state index contributed by atoms with van der Waals surface area (Å²) in [5.41, 5.74) is 1.46. The number of hydrogen-bond acceptors (Lipinski definition) is 4. The van der Waals surface area contributed by atoms with Crippen LogP contribution in [0, 0.1) is 0 Å². The molecule has 1 heterocycles. The van der Waals surface area contributed by atoms with Crippen LogP contribution >= 0.6 is 23.2 Å². The largest absolute Gasteiger partial charge is 0.437 e. The van der Waals surface area contributed by atoms with E-state index in [9.17, 15) is 13.2 Å². The summed E-state index contributed by atoms with van der Waals surface area (Å²) in [7, 11) is 0. The molecule has 0 unspecified atom stereocenters. The molecule has 0 aliphatic heterocycles. The highest BCUT2D eigenvalue weighted by atomic mass is 35.5. The number of alkyl halides is 3. The highest BCUT2D eigenvalue weighted by molar-refractivity contribution is 6.36. The first-order valence-corrected chi connectivity index (χ1v) is 6.24. The first kappa shape index (κ1) is 15.7. The lowest BCUT2D eigenvalue weighted by molar-refractivity contribution is -0.137. The molecule has 4 nitrogen and oxygen atoms in total. The molecule has 21 heavy (non-hydrogen) atoms. The number of nitrogens with two attached hydrogens (primary N) is 1. The Morgan fingerprint density at radius 3 is 2.24 bits per heavy atom. The molecular weight excluding hydrogens is 330 g/mol. The van der Waals surface area contributed by atoms with Crippen molar-refractivity contribution in [1.29, 1.82) is 0 Å². The smallest absolute Gasteiger partial charge is 0.416 e. The van der Waals surface area contributed by atoms with Crippen LogP contribution in [-0.2, 0) is 6.18 Å². The maximum atomic E-state index is 12.4. The molecule has 3 N–H and O–H groups in total. The van der Waals surface area contributed by atoms with Crippen molar-refractivity contribution in [3.8, 4) is 11.6 Å². The van der Waals surface area contributed by atoms with Crippen LogP contribution in [0.4, 0.5) is 19.0 Å². The minimum atomic E-state index is -4.41. The maximum absolute atomic E-state index is 12.4. The summed E-state index contributed by atoms with van der Waals surface area (Å²) in [6.07, 6.45) is -4.41. The van der Waals surface area contributed by atoms with E-state index in [2.05, 4.69) is 10.4 Å². The molecule has 0 spiro atoms. The van der Waals surface area contributed by atoms with Gasteiger partial charge in [0.05, 0.1) is 10.6 Å². The molecule has 9 heteroatoms. The maximum Gasteiger partial charge on any atom is 0.416 e. The number of aromatic nitrogens is 1. The van der Waals surface area contributed by atoms with E-state index < -0.39 is 11.7 Å². The van der Waals surface area contributed by atoms with Gasteiger partial charge in [-0.1, -0.05) is 23.2 Å². The molecule has 112 valence electrons. The average molecular weight is 338 g/mol. The van der Waals surface area contributed by atoms with E-state index in [1.807, 2.05) is 0 Å². The van der Waals surface area contributed by atoms with E-state index in [0.29, 0.717) is 0 Å². The molecule has 0 saturated heterocycles. The van der Waals surface area contributed by atoms with Gasteiger partial charge >= 0.3 is 6.18 Å². The Kier molecular flexibility index (Phi) is 4.46. The Morgan fingerprint density at radius 1 is 1.10 bits per heavy atom. The first-order valence-electron chi connectivity index (χ1n) is 5.49. The van der Waals surface area contributed by atoms with Crippen LogP contribution in [0.1, 0.15) is 5.56 Å². The first-order chi connectivity index (χ1) is 9.81. The van der Waals surface area contributed by atoms with Crippen LogP contribution in [0.15, 0.2) is 30.3 Å². The van der Waals surface area contributed by atoms with Gasteiger partial charge in [-0.15, -0.1) is 0 Å². The Morgan fingerprint density at radius 2 is 1.71 bits per heavy atom. The predicted octanol–water partition coefficient (Wildman–Crippen LogP) is 4.49. The van der Waals surface area contributed by atoms with Gasteiger partial charge in [0.25, 0.3) is 0 Å². The number of hydrazine groups is 1. The van der Waals surface area contributed by atoms with Crippen molar-refractivity contribution in [2.24, 2.45) is 5.84 Å². The van der Waals surface area contributed by atoms with Gasteiger partial charge in [0.15, 0.2) is 5.82 Å². The number of nitrogens with zero attached hydrogens (tertiary/aromatic N) is 1. The normalized spacial score (nSPS) is 11.3. The van der Waals surface area contributed by atoms with Gasteiger partial charge in [0.1, 0.15) is 10.8 Å². The molecule has 0 fully saturated rings. The van der Waals surface area contributed by atoms with Crippen LogP contribution in [0.3, 0.4) is 0 Å². The fourth-order valence-electron chi connectivity index (χ4n) is 1.45. The summed E-state index contributed by atoms with van der Waals surface area (Å²) in [4.78, 5) is 3.91. The standard InChI is InChI=1S/C12H8Cl2F3N3O/c13-8-5-9(14)11(19-10(8)20-18)21-7-3-1-6(2-4-7)12(15,16)17/h1-5H,18H2,(H,19,20). The molecule has 1 aromatic carbocycles. The summed E-state index contributed by atoms with van der Waals surface area (Å²) in [5, 5.41) is 0.279. The predicted molar refractivity (Wildman–Crippen MR) is 73.6 cm³/mol. The Balaban J connectivity index is 2.26. The molecule has 0 radical (unpaired) electrons. The molecule has 0 aliphatic rings. The summed E-state index contributed by atoms with van der Waals surface area (Å²) in [5.74, 6) is 5.45. The summed E-state index contributed by atoms with van der Waals surface area (Å²) >= 11 is 11.7. The number of anilines is 1. The quantitative estimate of drug-likeness (QED) is 0.640. The van der Waals surface area contributed by atoms with Crippen molar-refractivity contribution in [1.82, 2.24) is 4.98 Å². The number of rotatable bonds is 3. The van der Waals surface area contributed by atoms with E-state index in [0.717, 1.165) is 24.3 Å². The number of hydrogen-bond donors (Lipinski definition) is 2.